The SMILES string of the molecule is CCC1(C)CCN(C(C)CNC(C)C)CC1. The van der Waals surface area contributed by atoms with E-state index in [-0.39, 0.29) is 0 Å². The van der Waals surface area contributed by atoms with E-state index < -0.39 is 0 Å². The van der Waals surface area contributed by atoms with Gasteiger partial charge in [0.1, 0.15) is 0 Å². The Bertz CT molecular complexity index is 193. The summed E-state index contributed by atoms with van der Waals surface area (Å²) in [5.74, 6) is 0. The van der Waals surface area contributed by atoms with Crippen molar-refractivity contribution in [2.24, 2.45) is 5.41 Å². The van der Waals surface area contributed by atoms with Gasteiger partial charge in [-0.25, -0.2) is 0 Å². The van der Waals surface area contributed by atoms with E-state index in [0.29, 0.717) is 17.5 Å². The maximum atomic E-state index is 3.54. The molecule has 0 aromatic rings. The summed E-state index contributed by atoms with van der Waals surface area (Å²) in [7, 11) is 0. The van der Waals surface area contributed by atoms with Crippen LogP contribution >= 0.6 is 0 Å². The highest BCUT2D eigenvalue weighted by Gasteiger charge is 2.29. The van der Waals surface area contributed by atoms with Gasteiger partial charge >= 0.3 is 0 Å². The van der Waals surface area contributed by atoms with Gasteiger partial charge in [0, 0.05) is 18.6 Å². The summed E-state index contributed by atoms with van der Waals surface area (Å²) in [6, 6.07) is 1.29. The summed E-state index contributed by atoms with van der Waals surface area (Å²) in [4.78, 5) is 2.65. The van der Waals surface area contributed by atoms with Crippen LogP contribution in [0.15, 0.2) is 0 Å². The van der Waals surface area contributed by atoms with Crippen molar-refractivity contribution in [3.8, 4) is 0 Å². The first-order valence-electron chi connectivity index (χ1n) is 6.94. The number of nitrogens with one attached hydrogen (secondary N) is 1. The first-order valence-corrected chi connectivity index (χ1v) is 6.94. The van der Waals surface area contributed by atoms with E-state index in [1.54, 1.807) is 0 Å². The van der Waals surface area contributed by atoms with Crippen molar-refractivity contribution in [1.29, 1.82) is 0 Å². The average Bonchev–Trinajstić information content (AvgIpc) is 2.27. The minimum atomic E-state index is 0.605. The maximum absolute atomic E-state index is 3.54. The van der Waals surface area contributed by atoms with Crippen LogP contribution in [0.5, 0.6) is 0 Å². The molecule has 96 valence electrons. The topological polar surface area (TPSA) is 15.3 Å². The minimum Gasteiger partial charge on any atom is -0.313 e. The van der Waals surface area contributed by atoms with E-state index in [2.05, 4.69) is 44.8 Å². The minimum absolute atomic E-state index is 0.605. The lowest BCUT2D eigenvalue weighted by molar-refractivity contribution is 0.0854. The summed E-state index contributed by atoms with van der Waals surface area (Å²) in [5, 5.41) is 3.54. The van der Waals surface area contributed by atoms with Crippen LogP contribution in [-0.4, -0.2) is 36.6 Å². The summed E-state index contributed by atoms with van der Waals surface area (Å²) in [6.45, 7) is 15.3. The van der Waals surface area contributed by atoms with Crippen molar-refractivity contribution in [2.45, 2.75) is 66.0 Å². The first-order chi connectivity index (χ1) is 7.47. The molecule has 1 heterocycles. The first kappa shape index (κ1) is 14.0. The molecule has 0 bridgehead atoms. The Labute approximate surface area is 102 Å². The van der Waals surface area contributed by atoms with Crippen LogP contribution in [0.3, 0.4) is 0 Å². The van der Waals surface area contributed by atoms with Gasteiger partial charge in [0.05, 0.1) is 0 Å². The Morgan fingerprint density at radius 3 is 2.19 bits per heavy atom. The predicted molar refractivity (Wildman–Crippen MR) is 71.8 cm³/mol. The van der Waals surface area contributed by atoms with Gasteiger partial charge in [0.15, 0.2) is 0 Å². The summed E-state index contributed by atoms with van der Waals surface area (Å²) >= 11 is 0. The molecule has 1 aliphatic heterocycles. The summed E-state index contributed by atoms with van der Waals surface area (Å²) < 4.78 is 0. The molecule has 1 rings (SSSR count). The van der Waals surface area contributed by atoms with Crippen molar-refractivity contribution in [3.63, 3.8) is 0 Å². The molecule has 1 fully saturated rings. The molecule has 16 heavy (non-hydrogen) atoms. The Kier molecular flexibility index (Phi) is 5.26. The highest BCUT2D eigenvalue weighted by atomic mass is 15.2. The van der Waals surface area contributed by atoms with Crippen LogP contribution in [0.1, 0.15) is 53.9 Å². The molecule has 0 aromatic carbocycles. The molecule has 1 atom stereocenters. The Morgan fingerprint density at radius 2 is 1.75 bits per heavy atom. The molecule has 1 aliphatic rings. The number of likely N-dealkylation sites (tertiary alicyclic amines) is 1. The standard InChI is InChI=1S/C14H30N2/c1-6-14(5)7-9-16(10-8-14)13(4)11-15-12(2)3/h12-13,15H,6-11H2,1-5H3. The lowest BCUT2D eigenvalue weighted by Gasteiger charge is -2.41. The van der Waals surface area contributed by atoms with Gasteiger partial charge in [-0.1, -0.05) is 34.1 Å². The molecule has 0 spiro atoms. The van der Waals surface area contributed by atoms with Crippen molar-refractivity contribution in [2.75, 3.05) is 19.6 Å². The van der Waals surface area contributed by atoms with Crippen LogP contribution in [0.2, 0.25) is 0 Å². The third-order valence-electron chi connectivity index (χ3n) is 4.30. The van der Waals surface area contributed by atoms with Crippen LogP contribution < -0.4 is 5.32 Å². The highest BCUT2D eigenvalue weighted by molar-refractivity contribution is 4.84. The smallest absolute Gasteiger partial charge is 0.0192 e. The van der Waals surface area contributed by atoms with Gasteiger partial charge < -0.3 is 5.32 Å². The quantitative estimate of drug-likeness (QED) is 0.775. The molecule has 2 nitrogen and oxygen atoms in total. The van der Waals surface area contributed by atoms with Crippen molar-refractivity contribution in [1.82, 2.24) is 10.2 Å². The molecule has 1 saturated heterocycles. The van der Waals surface area contributed by atoms with E-state index in [4.69, 9.17) is 0 Å². The van der Waals surface area contributed by atoms with Gasteiger partial charge in [-0.2, -0.15) is 0 Å². The van der Waals surface area contributed by atoms with Crippen LogP contribution in [0.4, 0.5) is 0 Å². The number of piperidine rings is 1. The third-order valence-corrected chi connectivity index (χ3v) is 4.30. The second kappa shape index (κ2) is 6.02. The fourth-order valence-electron chi connectivity index (χ4n) is 2.39. The number of hydrogen-bond acceptors (Lipinski definition) is 2. The van der Waals surface area contributed by atoms with Gasteiger partial charge in [0.25, 0.3) is 0 Å². The number of hydrogen-bond donors (Lipinski definition) is 1. The zero-order chi connectivity index (χ0) is 12.2. The summed E-state index contributed by atoms with van der Waals surface area (Å²) in [6.07, 6.45) is 4.07. The van der Waals surface area contributed by atoms with E-state index in [9.17, 15) is 0 Å². The largest absolute Gasteiger partial charge is 0.313 e. The lowest BCUT2D eigenvalue weighted by atomic mass is 9.78. The molecular weight excluding hydrogens is 196 g/mol. The van der Waals surface area contributed by atoms with Gasteiger partial charge in [-0.15, -0.1) is 0 Å². The third kappa shape index (κ3) is 4.06. The zero-order valence-electron chi connectivity index (χ0n) is 11.8. The maximum Gasteiger partial charge on any atom is 0.0192 e. The van der Waals surface area contributed by atoms with Crippen LogP contribution in [0.25, 0.3) is 0 Å². The van der Waals surface area contributed by atoms with Crippen molar-refractivity contribution in [3.05, 3.63) is 0 Å². The molecule has 2 heteroatoms. The summed E-state index contributed by atoms with van der Waals surface area (Å²) in [5.41, 5.74) is 0.613. The van der Waals surface area contributed by atoms with E-state index in [0.717, 1.165) is 6.54 Å². The van der Waals surface area contributed by atoms with Crippen molar-refractivity contribution >= 4 is 0 Å². The van der Waals surface area contributed by atoms with Crippen LogP contribution in [-0.2, 0) is 0 Å². The molecule has 0 amide bonds. The normalized spacial score (nSPS) is 23.6. The zero-order valence-corrected chi connectivity index (χ0v) is 11.8. The molecular formula is C14H30N2. The second-order valence-electron chi connectivity index (χ2n) is 6.11. The van der Waals surface area contributed by atoms with Crippen LogP contribution in [0, 0.1) is 5.41 Å². The fraction of sp³-hybridized carbons (Fsp3) is 1.00. The molecule has 0 aliphatic carbocycles. The van der Waals surface area contributed by atoms with Crippen molar-refractivity contribution < 1.29 is 0 Å². The Morgan fingerprint density at radius 1 is 1.19 bits per heavy atom. The number of rotatable bonds is 5. The van der Waals surface area contributed by atoms with Gasteiger partial charge in [-0.05, 0) is 38.3 Å². The van der Waals surface area contributed by atoms with Gasteiger partial charge in [0.2, 0.25) is 0 Å². The number of nitrogens with zero attached hydrogens (tertiary/aromatic N) is 1. The molecule has 1 N–H and O–H groups in total. The molecule has 0 radical (unpaired) electrons. The van der Waals surface area contributed by atoms with E-state index in [1.165, 1.54) is 32.4 Å². The molecule has 0 saturated carbocycles. The monoisotopic (exact) mass is 226 g/mol. The predicted octanol–water partition coefficient (Wildman–Crippen LogP) is 2.89. The highest BCUT2D eigenvalue weighted by Crippen LogP contribution is 2.34. The van der Waals surface area contributed by atoms with E-state index in [1.807, 2.05) is 0 Å². The Hall–Kier alpha value is -0.0800. The van der Waals surface area contributed by atoms with E-state index >= 15 is 0 Å². The second-order valence-corrected chi connectivity index (χ2v) is 6.11. The fourth-order valence-corrected chi connectivity index (χ4v) is 2.39. The molecule has 0 aromatic heterocycles. The average molecular weight is 226 g/mol. The van der Waals surface area contributed by atoms with Gasteiger partial charge in [-0.3, -0.25) is 4.90 Å². The Balaban J connectivity index is 2.30. The lowest BCUT2D eigenvalue weighted by Crippen LogP contribution is -2.47. The molecule has 1 unspecified atom stereocenters.